The lowest BCUT2D eigenvalue weighted by Gasteiger charge is -2.12. The van der Waals surface area contributed by atoms with Crippen molar-refractivity contribution in [2.24, 2.45) is 0 Å². The Balaban J connectivity index is 2.05. The lowest BCUT2D eigenvalue weighted by molar-refractivity contribution is 0.0949. The molecular weight excluding hydrogens is 264 g/mol. The van der Waals surface area contributed by atoms with Gasteiger partial charge in [0.1, 0.15) is 11.6 Å². The first-order chi connectivity index (χ1) is 9.95. The molecule has 0 atom stereocenters. The highest BCUT2D eigenvalue weighted by Crippen LogP contribution is 2.09. The van der Waals surface area contributed by atoms with Crippen molar-refractivity contribution < 1.29 is 4.79 Å². The van der Waals surface area contributed by atoms with E-state index in [4.69, 9.17) is 0 Å². The van der Waals surface area contributed by atoms with Crippen LogP contribution in [0.25, 0.3) is 0 Å². The fraction of sp³-hybridized carbons (Fsp3) is 0.312. The molecule has 5 heteroatoms. The van der Waals surface area contributed by atoms with Gasteiger partial charge in [-0.1, -0.05) is 17.2 Å². The first-order valence-electron chi connectivity index (χ1n) is 6.81. The minimum Gasteiger partial charge on any atom is -0.363 e. The van der Waals surface area contributed by atoms with Crippen LogP contribution < -0.4 is 10.2 Å². The molecule has 0 spiro atoms. The molecule has 0 saturated carbocycles. The third-order valence-corrected chi connectivity index (χ3v) is 3.04. The van der Waals surface area contributed by atoms with Crippen LogP contribution in [-0.2, 0) is 6.54 Å². The summed E-state index contributed by atoms with van der Waals surface area (Å²) in [7, 11) is 3.83. The molecule has 1 amide bonds. The molecule has 0 bridgehead atoms. The maximum absolute atomic E-state index is 12.2. The monoisotopic (exact) mass is 284 g/mol. The average molecular weight is 284 g/mol. The summed E-state index contributed by atoms with van der Waals surface area (Å²) in [6, 6.07) is 7.62. The Morgan fingerprint density at radius 1 is 1.19 bits per heavy atom. The van der Waals surface area contributed by atoms with E-state index in [1.807, 2.05) is 57.1 Å². The molecule has 0 saturated heterocycles. The summed E-state index contributed by atoms with van der Waals surface area (Å²) >= 11 is 0. The maximum Gasteiger partial charge on any atom is 0.251 e. The second-order valence-electron chi connectivity index (χ2n) is 5.28. The second-order valence-corrected chi connectivity index (χ2v) is 5.28. The lowest BCUT2D eigenvalue weighted by Crippen LogP contribution is -2.24. The first-order valence-corrected chi connectivity index (χ1v) is 6.81. The molecule has 1 aromatic carbocycles. The number of carbonyl (C=O) groups is 1. The normalized spacial score (nSPS) is 10.3. The SMILES string of the molecule is Cc1cc(C)cc(C(=O)NCc2nccc(N(C)C)n2)c1. The van der Waals surface area contributed by atoms with Crippen LogP contribution in [0.5, 0.6) is 0 Å². The molecule has 5 nitrogen and oxygen atoms in total. The van der Waals surface area contributed by atoms with Crippen LogP contribution >= 0.6 is 0 Å². The quantitative estimate of drug-likeness (QED) is 0.934. The zero-order valence-electron chi connectivity index (χ0n) is 12.8. The number of aryl methyl sites for hydroxylation is 2. The predicted molar refractivity (Wildman–Crippen MR) is 83.4 cm³/mol. The Kier molecular flexibility index (Phi) is 4.52. The molecule has 0 aliphatic carbocycles. The number of carbonyl (C=O) groups excluding carboxylic acids is 1. The molecule has 0 fully saturated rings. The number of nitrogens with zero attached hydrogens (tertiary/aromatic N) is 3. The summed E-state index contributed by atoms with van der Waals surface area (Å²) in [5.41, 5.74) is 2.81. The van der Waals surface area contributed by atoms with Crippen LogP contribution in [0.15, 0.2) is 30.5 Å². The third-order valence-electron chi connectivity index (χ3n) is 3.04. The van der Waals surface area contributed by atoms with Gasteiger partial charge in [-0.05, 0) is 32.0 Å². The second kappa shape index (κ2) is 6.35. The minimum absolute atomic E-state index is 0.111. The van der Waals surface area contributed by atoms with Gasteiger partial charge in [-0.15, -0.1) is 0 Å². The topological polar surface area (TPSA) is 58.1 Å². The molecule has 2 aromatic rings. The average Bonchev–Trinajstić information content (AvgIpc) is 2.44. The number of nitrogens with one attached hydrogen (secondary N) is 1. The van der Waals surface area contributed by atoms with Crippen LogP contribution in [0.2, 0.25) is 0 Å². The van der Waals surface area contributed by atoms with E-state index in [9.17, 15) is 4.79 Å². The standard InChI is InChI=1S/C16H20N4O/c1-11-7-12(2)9-13(8-11)16(21)18-10-14-17-6-5-15(19-14)20(3)4/h5-9H,10H2,1-4H3,(H,18,21). The van der Waals surface area contributed by atoms with Crippen LogP contribution in [0, 0.1) is 13.8 Å². The first kappa shape index (κ1) is 15.0. The lowest BCUT2D eigenvalue weighted by atomic mass is 10.1. The summed E-state index contributed by atoms with van der Waals surface area (Å²) < 4.78 is 0. The number of aromatic nitrogens is 2. The Morgan fingerprint density at radius 3 is 2.48 bits per heavy atom. The Bertz CT molecular complexity index is 632. The highest BCUT2D eigenvalue weighted by molar-refractivity contribution is 5.94. The number of anilines is 1. The molecular formula is C16H20N4O. The molecule has 2 rings (SSSR count). The van der Waals surface area contributed by atoms with Crippen LogP contribution in [0.3, 0.4) is 0 Å². The van der Waals surface area contributed by atoms with Gasteiger partial charge in [0, 0.05) is 25.9 Å². The molecule has 110 valence electrons. The van der Waals surface area contributed by atoms with Crippen molar-refractivity contribution in [2.45, 2.75) is 20.4 Å². The molecule has 0 radical (unpaired) electrons. The van der Waals surface area contributed by atoms with E-state index in [-0.39, 0.29) is 5.91 Å². The van der Waals surface area contributed by atoms with Gasteiger partial charge < -0.3 is 10.2 Å². The zero-order valence-corrected chi connectivity index (χ0v) is 12.8. The Hall–Kier alpha value is -2.43. The van der Waals surface area contributed by atoms with E-state index in [0.29, 0.717) is 17.9 Å². The zero-order chi connectivity index (χ0) is 15.4. The highest BCUT2D eigenvalue weighted by atomic mass is 16.1. The molecule has 1 heterocycles. The van der Waals surface area contributed by atoms with E-state index >= 15 is 0 Å². The summed E-state index contributed by atoms with van der Waals surface area (Å²) in [5.74, 6) is 1.31. The van der Waals surface area contributed by atoms with Gasteiger partial charge in [0.2, 0.25) is 0 Å². The Morgan fingerprint density at radius 2 is 1.86 bits per heavy atom. The number of hydrogen-bond donors (Lipinski definition) is 1. The van der Waals surface area contributed by atoms with Crippen molar-refractivity contribution in [3.63, 3.8) is 0 Å². The number of rotatable bonds is 4. The summed E-state index contributed by atoms with van der Waals surface area (Å²) in [6.45, 7) is 4.27. The van der Waals surface area contributed by atoms with Gasteiger partial charge in [-0.2, -0.15) is 0 Å². The van der Waals surface area contributed by atoms with Crippen molar-refractivity contribution in [2.75, 3.05) is 19.0 Å². The van der Waals surface area contributed by atoms with Gasteiger partial charge in [-0.3, -0.25) is 4.79 Å². The molecule has 0 aliphatic rings. The molecule has 1 aromatic heterocycles. The molecule has 0 unspecified atom stereocenters. The fourth-order valence-corrected chi connectivity index (χ4v) is 2.09. The van der Waals surface area contributed by atoms with Crippen molar-refractivity contribution in [1.82, 2.24) is 15.3 Å². The van der Waals surface area contributed by atoms with Gasteiger partial charge in [0.05, 0.1) is 6.54 Å². The number of amides is 1. The number of benzene rings is 1. The summed E-state index contributed by atoms with van der Waals surface area (Å²) in [5, 5.41) is 2.85. The van der Waals surface area contributed by atoms with E-state index in [0.717, 1.165) is 16.9 Å². The smallest absolute Gasteiger partial charge is 0.251 e. The predicted octanol–water partition coefficient (Wildman–Crippen LogP) is 2.09. The van der Waals surface area contributed by atoms with Gasteiger partial charge in [0.25, 0.3) is 5.91 Å². The van der Waals surface area contributed by atoms with Gasteiger partial charge in [0.15, 0.2) is 0 Å². The molecule has 21 heavy (non-hydrogen) atoms. The molecule has 0 aliphatic heterocycles. The largest absolute Gasteiger partial charge is 0.363 e. The summed E-state index contributed by atoms with van der Waals surface area (Å²) in [6.07, 6.45) is 1.70. The maximum atomic E-state index is 12.2. The Labute approximate surface area is 125 Å². The summed E-state index contributed by atoms with van der Waals surface area (Å²) in [4.78, 5) is 22.6. The van der Waals surface area contributed by atoms with E-state index < -0.39 is 0 Å². The fourth-order valence-electron chi connectivity index (χ4n) is 2.09. The minimum atomic E-state index is -0.111. The van der Waals surface area contributed by atoms with Crippen molar-refractivity contribution in [3.05, 3.63) is 53.0 Å². The van der Waals surface area contributed by atoms with Crippen molar-refractivity contribution >= 4 is 11.7 Å². The highest BCUT2D eigenvalue weighted by Gasteiger charge is 2.08. The van der Waals surface area contributed by atoms with E-state index in [2.05, 4.69) is 15.3 Å². The van der Waals surface area contributed by atoms with Gasteiger partial charge >= 0.3 is 0 Å². The van der Waals surface area contributed by atoms with Crippen LogP contribution in [-0.4, -0.2) is 30.0 Å². The molecule has 1 N–H and O–H groups in total. The third kappa shape index (κ3) is 4.02. The van der Waals surface area contributed by atoms with Crippen LogP contribution in [0.4, 0.5) is 5.82 Å². The van der Waals surface area contributed by atoms with Gasteiger partial charge in [-0.25, -0.2) is 9.97 Å². The van der Waals surface area contributed by atoms with Crippen molar-refractivity contribution in [1.29, 1.82) is 0 Å². The van der Waals surface area contributed by atoms with Crippen molar-refractivity contribution in [3.8, 4) is 0 Å². The van der Waals surface area contributed by atoms with Crippen LogP contribution in [0.1, 0.15) is 27.3 Å². The number of hydrogen-bond acceptors (Lipinski definition) is 4. The van der Waals surface area contributed by atoms with E-state index in [1.54, 1.807) is 6.20 Å². The van der Waals surface area contributed by atoms with E-state index in [1.165, 1.54) is 0 Å².